The summed E-state index contributed by atoms with van der Waals surface area (Å²) in [6.45, 7) is 7.74. The Labute approximate surface area is 141 Å². The molecule has 1 aliphatic rings. The molecule has 1 amide bonds. The van der Waals surface area contributed by atoms with E-state index in [0.29, 0.717) is 24.2 Å². The Hall–Kier alpha value is -2.65. The number of nitriles is 1. The number of carbonyl (C=O) groups is 1. The van der Waals surface area contributed by atoms with Crippen LogP contribution in [0.25, 0.3) is 0 Å². The molecular weight excluding hydrogens is 304 g/mol. The summed E-state index contributed by atoms with van der Waals surface area (Å²) < 4.78 is 5.21. The summed E-state index contributed by atoms with van der Waals surface area (Å²) in [6.07, 6.45) is 0. The van der Waals surface area contributed by atoms with Crippen LogP contribution in [0.15, 0.2) is 28.8 Å². The van der Waals surface area contributed by atoms with Gasteiger partial charge in [-0.15, -0.1) is 0 Å². The van der Waals surface area contributed by atoms with E-state index in [1.54, 1.807) is 24.3 Å². The fourth-order valence-corrected chi connectivity index (χ4v) is 2.93. The van der Waals surface area contributed by atoms with Crippen LogP contribution in [0.3, 0.4) is 0 Å². The Morgan fingerprint density at radius 3 is 2.42 bits per heavy atom. The first-order valence-electron chi connectivity index (χ1n) is 8.02. The summed E-state index contributed by atoms with van der Waals surface area (Å²) in [5.74, 6) is 0.889. The van der Waals surface area contributed by atoms with Crippen molar-refractivity contribution in [2.24, 2.45) is 0 Å². The van der Waals surface area contributed by atoms with E-state index in [1.165, 1.54) is 0 Å². The second-order valence-corrected chi connectivity index (χ2v) is 6.06. The van der Waals surface area contributed by atoms with Crippen molar-refractivity contribution in [1.82, 2.24) is 15.0 Å². The van der Waals surface area contributed by atoms with E-state index in [2.05, 4.69) is 16.1 Å². The van der Waals surface area contributed by atoms with Gasteiger partial charge >= 0.3 is 0 Å². The molecule has 0 saturated carbocycles. The lowest BCUT2D eigenvalue weighted by molar-refractivity contribution is 0.0627. The van der Waals surface area contributed by atoms with Crippen LogP contribution in [-0.4, -0.2) is 47.0 Å². The summed E-state index contributed by atoms with van der Waals surface area (Å²) in [5.41, 5.74) is 3.27. The van der Waals surface area contributed by atoms with Gasteiger partial charge in [0, 0.05) is 43.9 Å². The Kier molecular flexibility index (Phi) is 4.63. The lowest BCUT2D eigenvalue weighted by Crippen LogP contribution is -2.48. The molecule has 1 aliphatic heterocycles. The maximum atomic E-state index is 12.5. The lowest BCUT2D eigenvalue weighted by Gasteiger charge is -2.34. The van der Waals surface area contributed by atoms with Gasteiger partial charge in [-0.2, -0.15) is 5.26 Å². The molecule has 0 N–H and O–H groups in total. The summed E-state index contributed by atoms with van der Waals surface area (Å²) in [7, 11) is 0. The first-order valence-corrected chi connectivity index (χ1v) is 8.02. The molecule has 6 nitrogen and oxygen atoms in total. The van der Waals surface area contributed by atoms with Gasteiger partial charge in [0.2, 0.25) is 0 Å². The van der Waals surface area contributed by atoms with Crippen molar-refractivity contribution in [1.29, 1.82) is 5.26 Å². The van der Waals surface area contributed by atoms with Crippen molar-refractivity contribution < 1.29 is 9.32 Å². The highest BCUT2D eigenvalue weighted by molar-refractivity contribution is 5.94. The van der Waals surface area contributed by atoms with Crippen LogP contribution in [0.4, 0.5) is 0 Å². The molecular formula is C18H20N4O2. The molecule has 1 aromatic carbocycles. The van der Waals surface area contributed by atoms with E-state index >= 15 is 0 Å². The third-order valence-electron chi connectivity index (χ3n) is 4.48. The van der Waals surface area contributed by atoms with E-state index in [4.69, 9.17) is 9.78 Å². The van der Waals surface area contributed by atoms with Crippen molar-refractivity contribution in [2.45, 2.75) is 20.4 Å². The maximum Gasteiger partial charge on any atom is 0.253 e. The Bertz CT molecular complexity index is 746. The molecule has 0 atom stereocenters. The highest BCUT2D eigenvalue weighted by Gasteiger charge is 2.23. The number of aryl methyl sites for hydroxylation is 2. The molecule has 1 aromatic heterocycles. The van der Waals surface area contributed by atoms with Crippen LogP contribution in [0.2, 0.25) is 0 Å². The van der Waals surface area contributed by atoms with Crippen LogP contribution in [0.5, 0.6) is 0 Å². The summed E-state index contributed by atoms with van der Waals surface area (Å²) in [4.78, 5) is 16.7. The average molecular weight is 324 g/mol. The van der Waals surface area contributed by atoms with Gasteiger partial charge in [0.1, 0.15) is 5.76 Å². The summed E-state index contributed by atoms with van der Waals surface area (Å²) in [6, 6.07) is 8.87. The smallest absolute Gasteiger partial charge is 0.253 e. The molecule has 124 valence electrons. The van der Waals surface area contributed by atoms with Gasteiger partial charge in [-0.05, 0) is 38.1 Å². The van der Waals surface area contributed by atoms with Crippen LogP contribution in [0, 0.1) is 25.2 Å². The van der Waals surface area contributed by atoms with Gasteiger partial charge in [0.25, 0.3) is 5.91 Å². The SMILES string of the molecule is Cc1noc(C)c1CN1CCN(C(=O)c2ccc(C#N)cc2)CC1. The second kappa shape index (κ2) is 6.85. The van der Waals surface area contributed by atoms with E-state index < -0.39 is 0 Å². The Balaban J connectivity index is 1.58. The van der Waals surface area contributed by atoms with Gasteiger partial charge in [-0.1, -0.05) is 5.16 Å². The van der Waals surface area contributed by atoms with Gasteiger partial charge in [0.15, 0.2) is 0 Å². The molecule has 0 radical (unpaired) electrons. The molecule has 0 unspecified atom stereocenters. The topological polar surface area (TPSA) is 73.4 Å². The van der Waals surface area contributed by atoms with E-state index in [0.717, 1.165) is 36.7 Å². The van der Waals surface area contributed by atoms with Crippen LogP contribution in [-0.2, 0) is 6.54 Å². The minimum Gasteiger partial charge on any atom is -0.361 e. The fraction of sp³-hybridized carbons (Fsp3) is 0.389. The molecule has 0 aliphatic carbocycles. The minimum absolute atomic E-state index is 0.0245. The standard InChI is InChI=1S/C18H20N4O2/c1-13-17(14(2)24-20-13)12-21-7-9-22(10-8-21)18(23)16-5-3-15(11-19)4-6-16/h3-6H,7-10,12H2,1-2H3. The molecule has 1 fully saturated rings. The number of nitrogens with zero attached hydrogens (tertiary/aromatic N) is 4. The van der Waals surface area contributed by atoms with E-state index in [1.807, 2.05) is 18.7 Å². The predicted molar refractivity (Wildman–Crippen MR) is 88.3 cm³/mol. The number of benzene rings is 1. The third-order valence-corrected chi connectivity index (χ3v) is 4.48. The number of hydrogen-bond donors (Lipinski definition) is 0. The third kappa shape index (κ3) is 3.31. The zero-order valence-electron chi connectivity index (χ0n) is 14.0. The number of carbonyl (C=O) groups excluding carboxylic acids is 1. The molecule has 6 heteroatoms. The number of hydrogen-bond acceptors (Lipinski definition) is 5. The van der Waals surface area contributed by atoms with Gasteiger partial charge in [0.05, 0.1) is 17.3 Å². The van der Waals surface area contributed by atoms with Crippen molar-refractivity contribution in [2.75, 3.05) is 26.2 Å². The van der Waals surface area contributed by atoms with Crippen molar-refractivity contribution >= 4 is 5.91 Å². The summed E-state index contributed by atoms with van der Waals surface area (Å²) in [5, 5.41) is 12.8. The maximum absolute atomic E-state index is 12.5. The molecule has 0 bridgehead atoms. The number of aromatic nitrogens is 1. The summed E-state index contributed by atoms with van der Waals surface area (Å²) >= 11 is 0. The first-order chi connectivity index (χ1) is 11.6. The van der Waals surface area contributed by atoms with Crippen molar-refractivity contribution in [3.63, 3.8) is 0 Å². The van der Waals surface area contributed by atoms with Gasteiger partial charge in [-0.25, -0.2) is 0 Å². The highest BCUT2D eigenvalue weighted by atomic mass is 16.5. The average Bonchev–Trinajstić information content (AvgIpc) is 2.94. The van der Waals surface area contributed by atoms with Gasteiger partial charge < -0.3 is 9.42 Å². The van der Waals surface area contributed by atoms with E-state index in [-0.39, 0.29) is 5.91 Å². The molecule has 2 heterocycles. The quantitative estimate of drug-likeness (QED) is 0.864. The van der Waals surface area contributed by atoms with Crippen molar-refractivity contribution in [3.05, 3.63) is 52.4 Å². The van der Waals surface area contributed by atoms with Crippen LogP contribution in [0.1, 0.15) is 32.9 Å². The molecule has 3 rings (SSSR count). The molecule has 2 aromatic rings. The molecule has 0 spiro atoms. The zero-order valence-corrected chi connectivity index (χ0v) is 14.0. The van der Waals surface area contributed by atoms with Crippen LogP contribution < -0.4 is 0 Å². The molecule has 1 saturated heterocycles. The highest BCUT2D eigenvalue weighted by Crippen LogP contribution is 2.17. The Morgan fingerprint density at radius 1 is 1.21 bits per heavy atom. The van der Waals surface area contributed by atoms with Gasteiger partial charge in [-0.3, -0.25) is 9.69 Å². The zero-order chi connectivity index (χ0) is 17.1. The normalized spacial score (nSPS) is 15.3. The largest absolute Gasteiger partial charge is 0.361 e. The monoisotopic (exact) mass is 324 g/mol. The minimum atomic E-state index is 0.0245. The number of piperazine rings is 1. The number of amides is 1. The van der Waals surface area contributed by atoms with E-state index in [9.17, 15) is 4.79 Å². The van der Waals surface area contributed by atoms with Crippen molar-refractivity contribution in [3.8, 4) is 6.07 Å². The predicted octanol–water partition coefficient (Wildman–Crippen LogP) is 2.12. The van der Waals surface area contributed by atoms with Crippen LogP contribution >= 0.6 is 0 Å². The Morgan fingerprint density at radius 2 is 1.88 bits per heavy atom. The fourth-order valence-electron chi connectivity index (χ4n) is 2.93. The first kappa shape index (κ1) is 16.2. The lowest BCUT2D eigenvalue weighted by atomic mass is 10.1. The molecule has 24 heavy (non-hydrogen) atoms. The number of rotatable bonds is 3. The second-order valence-electron chi connectivity index (χ2n) is 6.06.